The van der Waals surface area contributed by atoms with Crippen LogP contribution in [0, 0.1) is 5.92 Å². The van der Waals surface area contributed by atoms with Gasteiger partial charge in [-0.2, -0.15) is 0 Å². The Morgan fingerprint density at radius 2 is 1.95 bits per heavy atom. The molecule has 104 valence electrons. The van der Waals surface area contributed by atoms with Crippen LogP contribution in [0.5, 0.6) is 0 Å². The number of aliphatic hydroxyl groups is 1. The molecule has 0 heterocycles. The molecule has 2 aliphatic rings. The summed E-state index contributed by atoms with van der Waals surface area (Å²) in [7, 11) is 0. The number of hydrogen-bond acceptors (Lipinski definition) is 2. The zero-order chi connectivity index (χ0) is 13.4. The Hall–Kier alpha value is -0.860. The molecule has 0 aromatic heterocycles. The van der Waals surface area contributed by atoms with Gasteiger partial charge in [-0.1, -0.05) is 38.1 Å². The second kappa shape index (κ2) is 5.26. The molecule has 0 amide bonds. The fourth-order valence-electron chi connectivity index (χ4n) is 3.45. The maximum absolute atomic E-state index is 10.7. The van der Waals surface area contributed by atoms with Crippen LogP contribution in [0.1, 0.15) is 50.3 Å². The number of fused-ring (bicyclic) bond motifs is 1. The first-order chi connectivity index (χ1) is 9.16. The van der Waals surface area contributed by atoms with E-state index in [2.05, 4.69) is 36.9 Å². The Bertz CT molecular complexity index is 439. The van der Waals surface area contributed by atoms with Gasteiger partial charge in [-0.3, -0.25) is 4.90 Å². The zero-order valence-corrected chi connectivity index (χ0v) is 12.0. The third kappa shape index (κ3) is 2.70. The number of aryl methyl sites for hydroxylation is 1. The van der Waals surface area contributed by atoms with Crippen molar-refractivity contribution in [3.63, 3.8) is 0 Å². The van der Waals surface area contributed by atoms with Gasteiger partial charge in [0.25, 0.3) is 0 Å². The maximum Gasteiger partial charge on any atom is 0.0948 e. The smallest absolute Gasteiger partial charge is 0.0948 e. The Kier molecular flexibility index (Phi) is 3.64. The van der Waals surface area contributed by atoms with Gasteiger partial charge < -0.3 is 5.11 Å². The molecule has 2 unspecified atom stereocenters. The van der Waals surface area contributed by atoms with E-state index in [0.717, 1.165) is 31.0 Å². The molecule has 1 fully saturated rings. The summed E-state index contributed by atoms with van der Waals surface area (Å²) in [6.45, 7) is 5.67. The van der Waals surface area contributed by atoms with Crippen LogP contribution >= 0.6 is 0 Å². The molecular weight excluding hydrogens is 234 g/mol. The van der Waals surface area contributed by atoms with Gasteiger partial charge in [0.05, 0.1) is 6.10 Å². The zero-order valence-electron chi connectivity index (χ0n) is 12.0. The quantitative estimate of drug-likeness (QED) is 0.898. The van der Waals surface area contributed by atoms with Crippen LogP contribution in [0.2, 0.25) is 0 Å². The van der Waals surface area contributed by atoms with Crippen molar-refractivity contribution in [3.05, 3.63) is 35.4 Å². The van der Waals surface area contributed by atoms with Gasteiger partial charge in [-0.05, 0) is 42.7 Å². The minimum Gasteiger partial charge on any atom is -0.387 e. The van der Waals surface area contributed by atoms with Crippen LogP contribution in [0.4, 0.5) is 0 Å². The topological polar surface area (TPSA) is 23.5 Å². The summed E-state index contributed by atoms with van der Waals surface area (Å²) in [5.41, 5.74) is 2.50. The van der Waals surface area contributed by atoms with Crippen LogP contribution in [0.25, 0.3) is 0 Å². The van der Waals surface area contributed by atoms with Gasteiger partial charge in [0.2, 0.25) is 0 Å². The summed E-state index contributed by atoms with van der Waals surface area (Å²) < 4.78 is 0. The molecule has 2 nitrogen and oxygen atoms in total. The summed E-state index contributed by atoms with van der Waals surface area (Å²) in [5.74, 6) is 0.671. The summed E-state index contributed by atoms with van der Waals surface area (Å²) in [5, 5.41) is 10.7. The third-order valence-corrected chi connectivity index (χ3v) is 4.47. The Labute approximate surface area is 116 Å². The van der Waals surface area contributed by atoms with E-state index in [1.807, 2.05) is 6.07 Å². The Morgan fingerprint density at radius 3 is 2.63 bits per heavy atom. The maximum atomic E-state index is 10.7. The van der Waals surface area contributed by atoms with Crippen molar-refractivity contribution in [2.24, 2.45) is 5.92 Å². The van der Waals surface area contributed by atoms with E-state index in [9.17, 15) is 5.11 Å². The molecule has 0 saturated heterocycles. The minimum absolute atomic E-state index is 0.302. The number of rotatable bonds is 4. The highest BCUT2D eigenvalue weighted by Gasteiger charge is 2.39. The molecule has 0 bridgehead atoms. The third-order valence-electron chi connectivity index (χ3n) is 4.47. The molecule has 2 aliphatic carbocycles. The van der Waals surface area contributed by atoms with E-state index in [1.165, 1.54) is 18.4 Å². The van der Waals surface area contributed by atoms with E-state index in [0.29, 0.717) is 12.0 Å². The average molecular weight is 259 g/mol. The molecule has 0 radical (unpaired) electrons. The van der Waals surface area contributed by atoms with Gasteiger partial charge in [0.1, 0.15) is 0 Å². The van der Waals surface area contributed by atoms with Crippen LogP contribution in [-0.4, -0.2) is 28.6 Å². The molecule has 1 N–H and O–H groups in total. The first kappa shape index (κ1) is 13.1. The SMILES string of the molecule is CC(C)CN(C1CC1)C1CCc2ccccc2C1O. The molecule has 19 heavy (non-hydrogen) atoms. The Morgan fingerprint density at radius 1 is 1.21 bits per heavy atom. The second-order valence-electron chi connectivity index (χ2n) is 6.57. The van der Waals surface area contributed by atoms with Gasteiger partial charge in [-0.25, -0.2) is 0 Å². The predicted octanol–water partition coefficient (Wildman–Crippen LogP) is 3.16. The lowest BCUT2D eigenvalue weighted by Crippen LogP contribution is -2.45. The summed E-state index contributed by atoms with van der Waals surface area (Å²) in [4.78, 5) is 2.59. The van der Waals surface area contributed by atoms with Crippen LogP contribution < -0.4 is 0 Å². The predicted molar refractivity (Wildman–Crippen MR) is 78.1 cm³/mol. The molecule has 0 aliphatic heterocycles. The van der Waals surface area contributed by atoms with Gasteiger partial charge >= 0.3 is 0 Å². The number of nitrogens with zero attached hydrogens (tertiary/aromatic N) is 1. The van der Waals surface area contributed by atoms with E-state index in [1.54, 1.807) is 0 Å². The summed E-state index contributed by atoms with van der Waals surface area (Å²) >= 11 is 0. The van der Waals surface area contributed by atoms with Gasteiger partial charge in [-0.15, -0.1) is 0 Å². The first-order valence-corrected chi connectivity index (χ1v) is 7.68. The summed E-state index contributed by atoms with van der Waals surface area (Å²) in [6, 6.07) is 9.45. The lowest BCUT2D eigenvalue weighted by Gasteiger charge is -2.39. The molecule has 0 spiro atoms. The fourth-order valence-corrected chi connectivity index (χ4v) is 3.45. The van der Waals surface area contributed by atoms with Crippen molar-refractivity contribution in [1.82, 2.24) is 4.90 Å². The van der Waals surface area contributed by atoms with Crippen LogP contribution in [0.3, 0.4) is 0 Å². The minimum atomic E-state index is -0.302. The standard InChI is InChI=1S/C17H25NO/c1-12(2)11-18(14-8-9-14)16-10-7-13-5-3-4-6-15(13)17(16)19/h3-6,12,14,16-17,19H,7-11H2,1-2H3. The van der Waals surface area contributed by atoms with Crippen molar-refractivity contribution in [1.29, 1.82) is 0 Å². The monoisotopic (exact) mass is 259 g/mol. The van der Waals surface area contributed by atoms with Gasteiger partial charge in [0.15, 0.2) is 0 Å². The number of benzene rings is 1. The van der Waals surface area contributed by atoms with Crippen molar-refractivity contribution < 1.29 is 5.11 Å². The molecular formula is C17H25NO. The van der Waals surface area contributed by atoms with Crippen LogP contribution in [0.15, 0.2) is 24.3 Å². The molecule has 3 rings (SSSR count). The number of hydrogen-bond donors (Lipinski definition) is 1. The van der Waals surface area contributed by atoms with E-state index in [4.69, 9.17) is 0 Å². The molecule has 2 atom stereocenters. The lowest BCUT2D eigenvalue weighted by atomic mass is 9.84. The van der Waals surface area contributed by atoms with Crippen molar-refractivity contribution in [2.45, 2.75) is 57.7 Å². The highest BCUT2D eigenvalue weighted by atomic mass is 16.3. The van der Waals surface area contributed by atoms with Crippen molar-refractivity contribution >= 4 is 0 Å². The largest absolute Gasteiger partial charge is 0.387 e. The normalized spacial score (nSPS) is 26.8. The lowest BCUT2D eigenvalue weighted by molar-refractivity contribution is 0.0250. The first-order valence-electron chi connectivity index (χ1n) is 7.68. The van der Waals surface area contributed by atoms with Gasteiger partial charge in [0, 0.05) is 18.6 Å². The molecule has 1 saturated carbocycles. The molecule has 1 aromatic carbocycles. The summed E-state index contributed by atoms with van der Waals surface area (Å²) in [6.07, 6.45) is 4.54. The van der Waals surface area contributed by atoms with E-state index < -0.39 is 0 Å². The van der Waals surface area contributed by atoms with E-state index >= 15 is 0 Å². The van der Waals surface area contributed by atoms with Crippen molar-refractivity contribution in [3.8, 4) is 0 Å². The Balaban J connectivity index is 1.81. The number of aliphatic hydroxyl groups excluding tert-OH is 1. The average Bonchev–Trinajstić information content (AvgIpc) is 3.21. The van der Waals surface area contributed by atoms with Crippen molar-refractivity contribution in [2.75, 3.05) is 6.54 Å². The highest BCUT2D eigenvalue weighted by molar-refractivity contribution is 5.32. The highest BCUT2D eigenvalue weighted by Crippen LogP contribution is 2.38. The fraction of sp³-hybridized carbons (Fsp3) is 0.647. The second-order valence-corrected chi connectivity index (χ2v) is 6.57. The molecule has 1 aromatic rings. The molecule has 2 heteroatoms. The van der Waals surface area contributed by atoms with Crippen LogP contribution in [-0.2, 0) is 6.42 Å². The van der Waals surface area contributed by atoms with E-state index in [-0.39, 0.29) is 6.10 Å².